The molecule has 4 rings (SSSR count). The van der Waals surface area contributed by atoms with E-state index in [2.05, 4.69) is 5.10 Å². The number of carbonyl (C=O) groups is 1. The first-order valence-electron chi connectivity index (χ1n) is 9.17. The highest BCUT2D eigenvalue weighted by molar-refractivity contribution is 6.67. The van der Waals surface area contributed by atoms with E-state index in [-0.39, 0.29) is 11.5 Å². The second-order valence-corrected chi connectivity index (χ2v) is 8.07. The van der Waals surface area contributed by atoms with E-state index in [0.717, 1.165) is 41.7 Å². The Bertz CT molecular complexity index is 1120. The summed E-state index contributed by atoms with van der Waals surface area (Å²) in [5, 5.41) is 4.83. The summed E-state index contributed by atoms with van der Waals surface area (Å²) in [6.45, 7) is 0. The van der Waals surface area contributed by atoms with Gasteiger partial charge in [-0.25, -0.2) is 9.07 Å². The number of halogens is 4. The summed E-state index contributed by atoms with van der Waals surface area (Å²) in [5.74, 6) is -0.290. The van der Waals surface area contributed by atoms with E-state index in [4.69, 9.17) is 34.8 Å². The Morgan fingerprint density at radius 3 is 2.48 bits per heavy atom. The van der Waals surface area contributed by atoms with E-state index in [1.165, 1.54) is 12.1 Å². The number of benzene rings is 2. The first-order chi connectivity index (χ1) is 13.9. The van der Waals surface area contributed by atoms with Crippen LogP contribution in [0, 0.1) is 5.82 Å². The van der Waals surface area contributed by atoms with Crippen LogP contribution in [0.4, 0.5) is 4.39 Å². The van der Waals surface area contributed by atoms with Gasteiger partial charge in [0.1, 0.15) is 11.5 Å². The molecule has 0 bridgehead atoms. The predicted molar refractivity (Wildman–Crippen MR) is 116 cm³/mol. The van der Waals surface area contributed by atoms with E-state index < -0.39 is 5.24 Å². The number of aromatic nitrogens is 2. The Kier molecular flexibility index (Phi) is 5.77. The summed E-state index contributed by atoms with van der Waals surface area (Å²) >= 11 is 18.3. The topological polar surface area (TPSA) is 34.9 Å². The molecule has 0 fully saturated rings. The van der Waals surface area contributed by atoms with Gasteiger partial charge in [0, 0.05) is 10.6 Å². The molecule has 3 aromatic rings. The molecule has 0 saturated carbocycles. The normalized spacial score (nSPS) is 15.2. The van der Waals surface area contributed by atoms with Crippen LogP contribution in [0.2, 0.25) is 10.0 Å². The summed E-state index contributed by atoms with van der Waals surface area (Å²) < 4.78 is 15.0. The third-order valence-corrected chi connectivity index (χ3v) is 5.66. The molecule has 1 aliphatic carbocycles. The second-order valence-electron chi connectivity index (χ2n) is 6.89. The van der Waals surface area contributed by atoms with Gasteiger partial charge in [-0.05, 0) is 84.8 Å². The lowest BCUT2D eigenvalue weighted by atomic mass is 10.0. The van der Waals surface area contributed by atoms with Crippen LogP contribution in [0.3, 0.4) is 0 Å². The lowest BCUT2D eigenvalue weighted by molar-refractivity contribution is 0.107. The molecule has 148 valence electrons. The minimum absolute atomic E-state index is 0.236. The average molecular weight is 450 g/mol. The zero-order valence-corrected chi connectivity index (χ0v) is 17.5. The molecular formula is C22H16Cl3FN2O. The number of fused-ring (bicyclic) bond motifs is 1. The van der Waals surface area contributed by atoms with Gasteiger partial charge in [-0.15, -0.1) is 0 Å². The van der Waals surface area contributed by atoms with Crippen LogP contribution in [0.15, 0.2) is 42.5 Å². The zero-order chi connectivity index (χ0) is 20.5. The summed E-state index contributed by atoms with van der Waals surface area (Å²) in [7, 11) is 0. The second kappa shape index (κ2) is 8.31. The van der Waals surface area contributed by atoms with E-state index in [9.17, 15) is 9.18 Å². The van der Waals surface area contributed by atoms with E-state index in [1.54, 1.807) is 35.0 Å². The Morgan fingerprint density at radius 1 is 1.07 bits per heavy atom. The van der Waals surface area contributed by atoms with Gasteiger partial charge in [0.25, 0.3) is 5.24 Å². The van der Waals surface area contributed by atoms with Crippen molar-refractivity contribution in [3.63, 3.8) is 0 Å². The van der Waals surface area contributed by atoms with Gasteiger partial charge in [0.05, 0.1) is 16.4 Å². The molecule has 0 atom stereocenters. The molecule has 0 saturated heterocycles. The Morgan fingerprint density at radius 2 is 1.79 bits per heavy atom. The first-order valence-corrected chi connectivity index (χ1v) is 10.3. The number of hydrogen-bond acceptors (Lipinski definition) is 2. The fourth-order valence-electron chi connectivity index (χ4n) is 3.64. The number of hydrogen-bond donors (Lipinski definition) is 0. The maximum Gasteiger partial charge on any atom is 0.273 e. The molecule has 0 aliphatic heterocycles. The van der Waals surface area contributed by atoms with Gasteiger partial charge >= 0.3 is 0 Å². The molecule has 29 heavy (non-hydrogen) atoms. The van der Waals surface area contributed by atoms with Crippen molar-refractivity contribution in [1.29, 1.82) is 0 Å². The van der Waals surface area contributed by atoms with Crippen LogP contribution in [-0.4, -0.2) is 15.0 Å². The van der Waals surface area contributed by atoms with Crippen molar-refractivity contribution in [3.8, 4) is 5.69 Å². The standard InChI is InChI=1S/C22H16Cl3FN2O/c23-15-7-10-19(18(24)12-15)28-21-14(11-13-5-8-16(26)9-6-13)3-1-2-4-17(21)20(27-28)22(25)29/h5-12H,1-4H2/b14-11+. The molecule has 0 N–H and O–H groups in total. The molecule has 3 nitrogen and oxygen atoms in total. The van der Waals surface area contributed by atoms with Crippen LogP contribution in [0.25, 0.3) is 17.3 Å². The summed E-state index contributed by atoms with van der Waals surface area (Å²) in [4.78, 5) is 12.1. The van der Waals surface area contributed by atoms with Gasteiger partial charge < -0.3 is 0 Å². The Hall–Kier alpha value is -2.14. The lowest BCUT2D eigenvalue weighted by Gasteiger charge is -2.13. The molecule has 1 aliphatic rings. The smallest absolute Gasteiger partial charge is 0.273 e. The molecule has 1 aromatic heterocycles. The quantitative estimate of drug-likeness (QED) is 0.320. The van der Waals surface area contributed by atoms with Crippen LogP contribution in [0.1, 0.15) is 46.6 Å². The highest BCUT2D eigenvalue weighted by Crippen LogP contribution is 2.37. The maximum atomic E-state index is 13.3. The minimum atomic E-state index is -0.604. The molecule has 0 radical (unpaired) electrons. The SMILES string of the molecule is O=C(Cl)c1nn(-c2ccc(Cl)cc2Cl)c2c1CCCC/C2=C\c1ccc(F)cc1. The van der Waals surface area contributed by atoms with Crippen molar-refractivity contribution in [2.24, 2.45) is 0 Å². The Labute approximate surface area is 182 Å². The van der Waals surface area contributed by atoms with Gasteiger partial charge in [-0.2, -0.15) is 5.10 Å². The molecule has 0 amide bonds. The number of allylic oxidation sites excluding steroid dienone is 1. The maximum absolute atomic E-state index is 13.3. The van der Waals surface area contributed by atoms with Crippen molar-refractivity contribution in [1.82, 2.24) is 9.78 Å². The lowest BCUT2D eigenvalue weighted by Crippen LogP contribution is -2.04. The van der Waals surface area contributed by atoms with E-state index >= 15 is 0 Å². The van der Waals surface area contributed by atoms with Gasteiger partial charge in [-0.1, -0.05) is 35.3 Å². The van der Waals surface area contributed by atoms with E-state index in [0.29, 0.717) is 22.2 Å². The van der Waals surface area contributed by atoms with Crippen LogP contribution >= 0.6 is 34.8 Å². The fourth-order valence-corrected chi connectivity index (χ4v) is 4.28. The van der Waals surface area contributed by atoms with Crippen molar-refractivity contribution in [3.05, 3.63) is 80.8 Å². The van der Waals surface area contributed by atoms with Gasteiger partial charge in [0.15, 0.2) is 0 Å². The molecule has 7 heteroatoms. The fraction of sp³-hybridized carbons (Fsp3) is 0.182. The van der Waals surface area contributed by atoms with Crippen molar-refractivity contribution in [2.45, 2.75) is 25.7 Å². The Balaban J connectivity index is 1.96. The zero-order valence-electron chi connectivity index (χ0n) is 15.3. The highest BCUT2D eigenvalue weighted by Gasteiger charge is 2.27. The minimum Gasteiger partial charge on any atom is -0.274 e. The van der Waals surface area contributed by atoms with Crippen LogP contribution < -0.4 is 0 Å². The molecular weight excluding hydrogens is 434 g/mol. The number of carbonyl (C=O) groups excluding carboxylic acids is 1. The molecule has 2 aromatic carbocycles. The molecule has 0 unspecified atom stereocenters. The van der Waals surface area contributed by atoms with E-state index in [1.807, 2.05) is 6.08 Å². The first kappa shape index (κ1) is 20.1. The van der Waals surface area contributed by atoms with Crippen LogP contribution in [-0.2, 0) is 6.42 Å². The summed E-state index contributed by atoms with van der Waals surface area (Å²) in [6, 6.07) is 11.4. The summed E-state index contributed by atoms with van der Waals surface area (Å²) in [5.41, 5.74) is 4.32. The van der Waals surface area contributed by atoms with Crippen molar-refractivity contribution < 1.29 is 9.18 Å². The summed E-state index contributed by atoms with van der Waals surface area (Å²) in [6.07, 6.45) is 5.33. The third kappa shape index (κ3) is 4.11. The predicted octanol–water partition coefficient (Wildman–Crippen LogP) is 6.96. The number of nitrogens with zero attached hydrogens (tertiary/aromatic N) is 2. The van der Waals surface area contributed by atoms with Crippen molar-refractivity contribution >= 4 is 51.7 Å². The van der Waals surface area contributed by atoms with Gasteiger partial charge in [-0.3, -0.25) is 4.79 Å². The van der Waals surface area contributed by atoms with Gasteiger partial charge in [0.2, 0.25) is 0 Å². The largest absolute Gasteiger partial charge is 0.274 e. The monoisotopic (exact) mass is 448 g/mol. The number of rotatable bonds is 3. The average Bonchev–Trinajstić information content (AvgIpc) is 2.93. The third-order valence-electron chi connectivity index (χ3n) is 4.95. The van der Waals surface area contributed by atoms with Crippen molar-refractivity contribution in [2.75, 3.05) is 0 Å². The van der Waals surface area contributed by atoms with Crippen LogP contribution in [0.5, 0.6) is 0 Å². The molecule has 1 heterocycles. The highest BCUT2D eigenvalue weighted by atomic mass is 35.5. The molecule has 0 spiro atoms.